The van der Waals surface area contributed by atoms with E-state index in [0.717, 1.165) is 0 Å². The molecule has 2 rings (SSSR count). The summed E-state index contributed by atoms with van der Waals surface area (Å²) in [6.07, 6.45) is 1.92. The Labute approximate surface area is 86.3 Å². The van der Waals surface area contributed by atoms with Crippen LogP contribution in [0.4, 0.5) is 4.79 Å². The van der Waals surface area contributed by atoms with Crippen molar-refractivity contribution in [3.63, 3.8) is 0 Å². The molecule has 0 spiro atoms. The van der Waals surface area contributed by atoms with E-state index < -0.39 is 0 Å². The SMILES string of the molecule is Cc1cnc(CN2CCC(=O)NC2=O)o1. The Morgan fingerprint density at radius 1 is 1.60 bits per heavy atom. The Morgan fingerprint density at radius 2 is 2.40 bits per heavy atom. The fourth-order valence-electron chi connectivity index (χ4n) is 1.39. The van der Waals surface area contributed by atoms with Gasteiger partial charge in [-0.1, -0.05) is 0 Å². The number of imide groups is 1. The Morgan fingerprint density at radius 3 is 3.00 bits per heavy atom. The molecule has 1 saturated heterocycles. The maximum absolute atomic E-state index is 11.3. The smallest absolute Gasteiger partial charge is 0.324 e. The number of hydrogen-bond acceptors (Lipinski definition) is 4. The largest absolute Gasteiger partial charge is 0.444 e. The fourth-order valence-corrected chi connectivity index (χ4v) is 1.39. The molecular formula is C9H11N3O3. The van der Waals surface area contributed by atoms with Gasteiger partial charge in [0, 0.05) is 13.0 Å². The number of nitrogens with zero attached hydrogens (tertiary/aromatic N) is 2. The number of nitrogens with one attached hydrogen (secondary N) is 1. The van der Waals surface area contributed by atoms with E-state index in [2.05, 4.69) is 10.3 Å². The zero-order valence-electron chi connectivity index (χ0n) is 8.32. The number of rotatable bonds is 2. The molecule has 1 aromatic heterocycles. The van der Waals surface area contributed by atoms with E-state index in [-0.39, 0.29) is 11.9 Å². The molecule has 0 saturated carbocycles. The summed E-state index contributed by atoms with van der Waals surface area (Å²) in [4.78, 5) is 27.7. The van der Waals surface area contributed by atoms with Gasteiger partial charge in [0.2, 0.25) is 11.8 Å². The third kappa shape index (κ3) is 2.15. The van der Waals surface area contributed by atoms with E-state index in [1.165, 1.54) is 4.90 Å². The summed E-state index contributed by atoms with van der Waals surface area (Å²) in [5, 5.41) is 2.24. The van der Waals surface area contributed by atoms with Crippen LogP contribution in [-0.2, 0) is 11.3 Å². The highest BCUT2D eigenvalue weighted by Gasteiger charge is 2.23. The van der Waals surface area contributed by atoms with Gasteiger partial charge >= 0.3 is 6.03 Å². The number of urea groups is 1. The molecule has 0 atom stereocenters. The average molecular weight is 209 g/mol. The van der Waals surface area contributed by atoms with Gasteiger partial charge < -0.3 is 9.32 Å². The van der Waals surface area contributed by atoms with Crippen LogP contribution in [0.3, 0.4) is 0 Å². The standard InChI is InChI=1S/C9H11N3O3/c1-6-4-10-8(15-6)5-12-3-2-7(13)11-9(12)14/h4H,2-3,5H2,1H3,(H,11,13,14). The van der Waals surface area contributed by atoms with Gasteiger partial charge in [-0.15, -0.1) is 0 Å². The zero-order valence-corrected chi connectivity index (χ0v) is 8.32. The molecule has 1 fully saturated rings. The minimum atomic E-state index is -0.387. The first-order chi connectivity index (χ1) is 7.15. The fraction of sp³-hybridized carbons (Fsp3) is 0.444. The maximum Gasteiger partial charge on any atom is 0.324 e. The lowest BCUT2D eigenvalue weighted by Crippen LogP contribution is -2.48. The number of hydrogen-bond donors (Lipinski definition) is 1. The van der Waals surface area contributed by atoms with Gasteiger partial charge in [0.25, 0.3) is 0 Å². The highest BCUT2D eigenvalue weighted by Crippen LogP contribution is 2.08. The first-order valence-electron chi connectivity index (χ1n) is 4.65. The third-order valence-corrected chi connectivity index (χ3v) is 2.14. The molecule has 1 N–H and O–H groups in total. The van der Waals surface area contributed by atoms with Crippen molar-refractivity contribution in [3.05, 3.63) is 17.8 Å². The van der Waals surface area contributed by atoms with Crippen LogP contribution in [0, 0.1) is 6.92 Å². The Balaban J connectivity index is 2.00. The number of aryl methyl sites for hydroxylation is 1. The minimum absolute atomic E-state index is 0.236. The van der Waals surface area contributed by atoms with Gasteiger partial charge in [-0.05, 0) is 6.92 Å². The number of carbonyl (C=O) groups is 2. The summed E-state index contributed by atoms with van der Waals surface area (Å²) in [7, 11) is 0. The Kier molecular flexibility index (Phi) is 2.40. The van der Waals surface area contributed by atoms with E-state index in [1.54, 1.807) is 13.1 Å². The van der Waals surface area contributed by atoms with Crippen LogP contribution in [0.15, 0.2) is 10.6 Å². The lowest BCUT2D eigenvalue weighted by atomic mass is 10.3. The number of aromatic nitrogens is 1. The molecule has 3 amide bonds. The van der Waals surface area contributed by atoms with Crippen molar-refractivity contribution < 1.29 is 14.0 Å². The first kappa shape index (κ1) is 9.70. The normalized spacial score (nSPS) is 16.7. The summed E-state index contributed by atoms with van der Waals surface area (Å²) < 4.78 is 5.24. The van der Waals surface area contributed by atoms with Crippen LogP contribution in [0.25, 0.3) is 0 Å². The van der Waals surface area contributed by atoms with E-state index in [4.69, 9.17) is 4.42 Å². The van der Waals surface area contributed by atoms with Crippen LogP contribution in [0.1, 0.15) is 18.1 Å². The first-order valence-corrected chi connectivity index (χ1v) is 4.65. The summed E-state index contributed by atoms with van der Waals surface area (Å²) in [6.45, 7) is 2.50. The molecule has 1 aliphatic heterocycles. The quantitative estimate of drug-likeness (QED) is 0.766. The second-order valence-electron chi connectivity index (χ2n) is 3.39. The topological polar surface area (TPSA) is 75.4 Å². The van der Waals surface area contributed by atoms with Gasteiger partial charge in [0.1, 0.15) is 5.76 Å². The molecule has 6 heteroatoms. The monoisotopic (exact) mass is 209 g/mol. The van der Waals surface area contributed by atoms with Crippen molar-refractivity contribution in [2.45, 2.75) is 19.9 Å². The predicted molar refractivity (Wildman–Crippen MR) is 49.8 cm³/mol. The van der Waals surface area contributed by atoms with Gasteiger partial charge in [-0.25, -0.2) is 9.78 Å². The molecule has 15 heavy (non-hydrogen) atoms. The van der Waals surface area contributed by atoms with Gasteiger partial charge in [-0.2, -0.15) is 0 Å². The summed E-state index contributed by atoms with van der Waals surface area (Å²) in [5.41, 5.74) is 0. The molecule has 1 aliphatic rings. The number of carbonyl (C=O) groups excluding carboxylic acids is 2. The highest BCUT2D eigenvalue weighted by molar-refractivity contribution is 5.96. The molecule has 1 aromatic rings. The van der Waals surface area contributed by atoms with Crippen LogP contribution in [0.5, 0.6) is 0 Å². The Bertz CT molecular complexity index is 399. The summed E-state index contributed by atoms with van der Waals surface area (Å²) in [6, 6.07) is -0.387. The van der Waals surface area contributed by atoms with Crippen molar-refractivity contribution in [2.24, 2.45) is 0 Å². The van der Waals surface area contributed by atoms with E-state index in [0.29, 0.717) is 31.2 Å². The van der Waals surface area contributed by atoms with Gasteiger partial charge in [0.05, 0.1) is 12.7 Å². The van der Waals surface area contributed by atoms with E-state index >= 15 is 0 Å². The average Bonchev–Trinajstić information content (AvgIpc) is 2.56. The molecule has 2 heterocycles. The second kappa shape index (κ2) is 3.72. The molecular weight excluding hydrogens is 198 g/mol. The molecule has 0 radical (unpaired) electrons. The van der Waals surface area contributed by atoms with E-state index in [9.17, 15) is 9.59 Å². The lowest BCUT2D eigenvalue weighted by molar-refractivity contribution is -0.121. The molecule has 0 aliphatic carbocycles. The highest BCUT2D eigenvalue weighted by atomic mass is 16.4. The van der Waals surface area contributed by atoms with Crippen LogP contribution < -0.4 is 5.32 Å². The molecule has 0 aromatic carbocycles. The van der Waals surface area contributed by atoms with Crippen molar-refractivity contribution in [2.75, 3.05) is 6.54 Å². The third-order valence-electron chi connectivity index (χ3n) is 2.14. The number of amides is 3. The zero-order chi connectivity index (χ0) is 10.8. The van der Waals surface area contributed by atoms with Crippen molar-refractivity contribution in [1.29, 1.82) is 0 Å². The molecule has 0 bridgehead atoms. The van der Waals surface area contributed by atoms with Crippen molar-refractivity contribution >= 4 is 11.9 Å². The van der Waals surface area contributed by atoms with E-state index in [1.807, 2.05) is 0 Å². The van der Waals surface area contributed by atoms with Crippen molar-refractivity contribution in [3.8, 4) is 0 Å². The van der Waals surface area contributed by atoms with Gasteiger partial charge in [-0.3, -0.25) is 10.1 Å². The van der Waals surface area contributed by atoms with Crippen LogP contribution >= 0.6 is 0 Å². The van der Waals surface area contributed by atoms with Gasteiger partial charge in [0.15, 0.2) is 0 Å². The maximum atomic E-state index is 11.3. The second-order valence-corrected chi connectivity index (χ2v) is 3.39. The van der Waals surface area contributed by atoms with Crippen molar-refractivity contribution in [1.82, 2.24) is 15.2 Å². The molecule has 6 nitrogen and oxygen atoms in total. The Hall–Kier alpha value is -1.85. The minimum Gasteiger partial charge on any atom is -0.444 e. The summed E-state index contributed by atoms with van der Waals surface area (Å²) in [5.74, 6) is 0.954. The lowest BCUT2D eigenvalue weighted by Gasteiger charge is -2.24. The predicted octanol–water partition coefficient (Wildman–Crippen LogP) is 0.425. The molecule has 80 valence electrons. The summed E-state index contributed by atoms with van der Waals surface area (Å²) >= 11 is 0. The number of oxazole rings is 1. The molecule has 0 unspecified atom stereocenters. The van der Waals surface area contributed by atoms with Crippen LogP contribution in [-0.4, -0.2) is 28.4 Å². The van der Waals surface area contributed by atoms with Crippen LogP contribution in [0.2, 0.25) is 0 Å².